The number of rotatable bonds is 11. The van der Waals surface area contributed by atoms with Gasteiger partial charge in [0, 0.05) is 33.6 Å². The summed E-state index contributed by atoms with van der Waals surface area (Å²) >= 11 is 0. The smallest absolute Gasteiger partial charge is 0.385 e. The van der Waals surface area contributed by atoms with Crippen LogP contribution in [0.25, 0.3) is 34.2 Å². The summed E-state index contributed by atoms with van der Waals surface area (Å²) in [7, 11) is -2.67. The van der Waals surface area contributed by atoms with Gasteiger partial charge >= 0.3 is 31.5 Å². The van der Waals surface area contributed by atoms with Gasteiger partial charge in [-0.05, 0) is 30.2 Å². The van der Waals surface area contributed by atoms with Crippen LogP contribution in [-0.2, 0) is 9.31 Å². The van der Waals surface area contributed by atoms with Crippen molar-refractivity contribution in [2.24, 2.45) is 4.99 Å². The second kappa shape index (κ2) is 14.4. The van der Waals surface area contributed by atoms with Crippen LogP contribution in [0.15, 0.2) is 120 Å². The summed E-state index contributed by atoms with van der Waals surface area (Å²) < 4.78 is 148. The van der Waals surface area contributed by atoms with E-state index in [1.54, 1.807) is 72.8 Å². The SMILES string of the molecule is Cc1ccc(C2=N/C(=C\c3c(-c4ccccc4)cc(-c4ccccc4)n3B(OCC(F)(F)C(F)(F)F)OCC(F)(F)C(F)(F)F)c3ccccc32)cc1. The van der Waals surface area contributed by atoms with Crippen LogP contribution in [0.5, 0.6) is 0 Å². The highest BCUT2D eigenvalue weighted by molar-refractivity contribution is 6.44. The summed E-state index contributed by atoms with van der Waals surface area (Å²) in [6.45, 7) is -3.04. The van der Waals surface area contributed by atoms with Gasteiger partial charge in [0.2, 0.25) is 0 Å². The van der Waals surface area contributed by atoms with E-state index in [0.29, 0.717) is 22.4 Å². The molecule has 0 fully saturated rings. The monoisotopic (exact) mass is 744 g/mol. The third-order valence-corrected chi connectivity index (χ3v) is 8.37. The molecular formula is C38H27BF10N2O2. The van der Waals surface area contributed by atoms with E-state index in [-0.39, 0.29) is 28.2 Å². The van der Waals surface area contributed by atoms with Crippen LogP contribution in [-0.4, -0.2) is 54.9 Å². The third-order valence-electron chi connectivity index (χ3n) is 8.37. The number of fused-ring (bicyclic) bond motifs is 1. The first-order chi connectivity index (χ1) is 25.0. The van der Waals surface area contributed by atoms with Gasteiger partial charge in [-0.1, -0.05) is 115 Å². The number of aryl methyl sites for hydroxylation is 1. The molecule has 0 atom stereocenters. The van der Waals surface area contributed by atoms with Crippen molar-refractivity contribution in [1.82, 2.24) is 4.48 Å². The lowest BCUT2D eigenvalue weighted by Gasteiger charge is -2.26. The topological polar surface area (TPSA) is 35.8 Å². The average Bonchev–Trinajstić information content (AvgIpc) is 3.67. The summed E-state index contributed by atoms with van der Waals surface area (Å²) in [4.78, 5) is 4.85. The molecule has 0 saturated heterocycles. The Labute approximate surface area is 297 Å². The van der Waals surface area contributed by atoms with Crippen LogP contribution in [0, 0.1) is 6.92 Å². The highest BCUT2D eigenvalue weighted by Gasteiger charge is 2.60. The minimum absolute atomic E-state index is 0.0269. The van der Waals surface area contributed by atoms with Gasteiger partial charge in [0.25, 0.3) is 0 Å². The van der Waals surface area contributed by atoms with Crippen molar-refractivity contribution in [2.75, 3.05) is 13.2 Å². The van der Waals surface area contributed by atoms with E-state index in [9.17, 15) is 43.9 Å². The molecule has 0 amide bonds. The molecular weight excluding hydrogens is 717 g/mol. The molecule has 5 aromatic rings. The van der Waals surface area contributed by atoms with Crippen LogP contribution in [0.3, 0.4) is 0 Å². The lowest BCUT2D eigenvalue weighted by Crippen LogP contribution is -2.48. The number of aromatic nitrogens is 1. The van der Waals surface area contributed by atoms with Crippen molar-refractivity contribution >= 4 is 24.7 Å². The van der Waals surface area contributed by atoms with E-state index >= 15 is 0 Å². The summed E-state index contributed by atoms with van der Waals surface area (Å²) in [5.74, 6) is -11.1. The Balaban J connectivity index is 1.62. The first-order valence-electron chi connectivity index (χ1n) is 15.9. The number of aliphatic imine (C=N–C) groups is 1. The Hall–Kier alpha value is -5.15. The Morgan fingerprint density at radius 1 is 0.585 bits per heavy atom. The minimum atomic E-state index is -6.15. The molecule has 0 saturated carbocycles. The van der Waals surface area contributed by atoms with Gasteiger partial charge in [-0.3, -0.25) is 0 Å². The predicted octanol–water partition coefficient (Wildman–Crippen LogP) is 10.7. The highest BCUT2D eigenvalue weighted by Crippen LogP contribution is 2.41. The maximum absolute atomic E-state index is 14.3. The first-order valence-corrected chi connectivity index (χ1v) is 15.9. The average molecular weight is 744 g/mol. The summed E-state index contributed by atoms with van der Waals surface area (Å²) in [6, 6.07) is 32.0. The zero-order valence-corrected chi connectivity index (χ0v) is 27.5. The molecule has 0 spiro atoms. The molecule has 4 nitrogen and oxygen atoms in total. The van der Waals surface area contributed by atoms with E-state index in [1.807, 2.05) is 31.2 Å². The van der Waals surface area contributed by atoms with Crippen molar-refractivity contribution in [2.45, 2.75) is 31.1 Å². The normalized spacial score (nSPS) is 14.4. The molecule has 1 aliphatic heterocycles. The van der Waals surface area contributed by atoms with Gasteiger partial charge in [-0.2, -0.15) is 43.9 Å². The molecule has 0 bridgehead atoms. The number of halogens is 10. The summed E-state index contributed by atoms with van der Waals surface area (Å²) in [6.07, 6.45) is -10.9. The Kier molecular flexibility index (Phi) is 10.2. The highest BCUT2D eigenvalue weighted by atomic mass is 19.4. The van der Waals surface area contributed by atoms with E-state index in [0.717, 1.165) is 15.6 Å². The largest absolute Gasteiger partial charge is 0.598 e. The molecule has 15 heteroatoms. The van der Waals surface area contributed by atoms with Crippen molar-refractivity contribution in [3.05, 3.63) is 143 Å². The lowest BCUT2D eigenvalue weighted by molar-refractivity contribution is -0.295. The van der Waals surface area contributed by atoms with Crippen molar-refractivity contribution in [3.63, 3.8) is 0 Å². The Morgan fingerprint density at radius 3 is 1.60 bits per heavy atom. The fraction of sp³-hybridized carbons (Fsp3) is 0.184. The van der Waals surface area contributed by atoms with Crippen molar-refractivity contribution < 1.29 is 53.2 Å². The number of nitrogens with zero attached hydrogens (tertiary/aromatic N) is 2. The van der Waals surface area contributed by atoms with Crippen LogP contribution < -0.4 is 0 Å². The fourth-order valence-electron chi connectivity index (χ4n) is 5.63. The molecule has 2 heterocycles. The maximum atomic E-state index is 14.3. The standard InChI is InChI=1S/C38H27BF10N2O2/c1-24-16-18-27(19-17-24)34-29-15-9-8-14-28(29)31(50-34)21-33-30(25-10-4-2-5-11-25)20-32(26-12-6-3-7-13-26)51(33)39(52-22-35(40,41)37(44,45)46)53-23-36(42,43)38(47,48)49/h2-21H,22-23H2,1H3/b31-21-. The lowest BCUT2D eigenvalue weighted by atomic mass is 9.97. The number of hydrogen-bond acceptors (Lipinski definition) is 3. The quantitative estimate of drug-likeness (QED) is 0.0997. The second-order valence-corrected chi connectivity index (χ2v) is 12.2. The molecule has 274 valence electrons. The molecule has 6 rings (SSSR count). The fourth-order valence-corrected chi connectivity index (χ4v) is 5.63. The van der Waals surface area contributed by atoms with Crippen LogP contribution in [0.4, 0.5) is 43.9 Å². The molecule has 0 N–H and O–H groups in total. The van der Waals surface area contributed by atoms with Crippen LogP contribution in [0.1, 0.15) is 27.9 Å². The predicted molar refractivity (Wildman–Crippen MR) is 181 cm³/mol. The molecule has 0 unspecified atom stereocenters. The van der Waals surface area contributed by atoms with Gasteiger partial charge in [0.15, 0.2) is 0 Å². The maximum Gasteiger partial charge on any atom is 0.598 e. The summed E-state index contributed by atoms with van der Waals surface area (Å²) in [5, 5.41) is 0. The number of benzene rings is 4. The van der Waals surface area contributed by atoms with E-state index in [2.05, 4.69) is 0 Å². The van der Waals surface area contributed by atoms with Gasteiger partial charge in [0.1, 0.15) is 13.2 Å². The van der Waals surface area contributed by atoms with E-state index in [4.69, 9.17) is 14.3 Å². The van der Waals surface area contributed by atoms with Crippen LogP contribution in [0.2, 0.25) is 0 Å². The molecule has 0 aliphatic carbocycles. The molecule has 4 aromatic carbocycles. The first kappa shape index (κ1) is 37.6. The van der Waals surface area contributed by atoms with Gasteiger partial charge in [0.05, 0.1) is 11.4 Å². The minimum Gasteiger partial charge on any atom is -0.385 e. The van der Waals surface area contributed by atoms with Gasteiger partial charge in [-0.15, -0.1) is 0 Å². The molecule has 53 heavy (non-hydrogen) atoms. The van der Waals surface area contributed by atoms with Crippen LogP contribution >= 0.6 is 0 Å². The zero-order valence-electron chi connectivity index (χ0n) is 27.5. The molecule has 1 aliphatic rings. The summed E-state index contributed by atoms with van der Waals surface area (Å²) in [5.41, 5.74) is 4.67. The van der Waals surface area contributed by atoms with Crippen molar-refractivity contribution in [1.29, 1.82) is 0 Å². The van der Waals surface area contributed by atoms with E-state index in [1.165, 1.54) is 24.3 Å². The van der Waals surface area contributed by atoms with Crippen molar-refractivity contribution in [3.8, 4) is 22.4 Å². The molecule has 1 aromatic heterocycles. The third kappa shape index (κ3) is 7.81. The number of alkyl halides is 10. The van der Waals surface area contributed by atoms with Gasteiger partial charge < -0.3 is 13.8 Å². The Morgan fingerprint density at radius 2 is 1.08 bits per heavy atom. The second-order valence-electron chi connectivity index (χ2n) is 12.2. The molecule has 0 radical (unpaired) electrons. The zero-order chi connectivity index (χ0) is 38.2. The Bertz CT molecular complexity index is 2100. The number of hydrogen-bond donors (Lipinski definition) is 0. The van der Waals surface area contributed by atoms with E-state index < -0.39 is 44.7 Å². The van der Waals surface area contributed by atoms with Gasteiger partial charge in [-0.25, -0.2) is 4.99 Å².